The Hall–Kier alpha value is -1.76. The first-order chi connectivity index (χ1) is 9.11. The van der Waals surface area contributed by atoms with E-state index in [4.69, 9.17) is 4.42 Å². The quantitative estimate of drug-likeness (QED) is 0.908. The summed E-state index contributed by atoms with van der Waals surface area (Å²) in [7, 11) is 0. The van der Waals surface area contributed by atoms with Crippen LogP contribution in [0.1, 0.15) is 54.0 Å². The maximum absolute atomic E-state index is 12.2. The fourth-order valence-corrected chi connectivity index (χ4v) is 2.80. The van der Waals surface area contributed by atoms with Crippen LogP contribution in [-0.2, 0) is 0 Å². The zero-order valence-electron chi connectivity index (χ0n) is 11.5. The number of hydrogen-bond donors (Lipinski definition) is 1. The highest BCUT2D eigenvalue weighted by atomic mass is 16.3. The topological polar surface area (TPSA) is 66.0 Å². The molecule has 0 spiro atoms. The van der Waals surface area contributed by atoms with Crippen molar-refractivity contribution in [1.82, 2.24) is 5.32 Å². The largest absolute Gasteiger partial charge is 0.466 e. The summed E-state index contributed by atoms with van der Waals surface area (Å²) in [6, 6.07) is 3.57. The normalized spacial score (nSPS) is 17.7. The zero-order chi connectivity index (χ0) is 13.8. The van der Waals surface area contributed by atoms with E-state index in [1.54, 1.807) is 13.0 Å². The predicted molar refractivity (Wildman–Crippen MR) is 71.6 cm³/mol. The van der Waals surface area contributed by atoms with Gasteiger partial charge in [0.25, 0.3) is 5.91 Å². The molecular formula is C15H20N2O2. The van der Waals surface area contributed by atoms with E-state index in [0.717, 1.165) is 25.7 Å². The third-order valence-electron chi connectivity index (χ3n) is 3.83. The molecule has 1 saturated carbocycles. The first kappa shape index (κ1) is 13.7. The Morgan fingerprint density at radius 2 is 2.11 bits per heavy atom. The summed E-state index contributed by atoms with van der Waals surface area (Å²) in [5.41, 5.74) is 0.536. The van der Waals surface area contributed by atoms with Crippen LogP contribution in [0.3, 0.4) is 0 Å². The Kier molecular flexibility index (Phi) is 4.26. The van der Waals surface area contributed by atoms with Crippen molar-refractivity contribution in [2.75, 3.05) is 0 Å². The Labute approximate surface area is 113 Å². The first-order valence-electron chi connectivity index (χ1n) is 6.89. The molecule has 0 bridgehead atoms. The van der Waals surface area contributed by atoms with E-state index in [1.807, 2.05) is 6.92 Å². The Balaban J connectivity index is 2.04. The lowest BCUT2D eigenvalue weighted by atomic mass is 9.84. The SMILES string of the molecule is Cc1cc(C(=O)NC(C#N)C2CCCCC2)c(C)o1. The lowest BCUT2D eigenvalue weighted by Gasteiger charge is -2.26. The summed E-state index contributed by atoms with van der Waals surface area (Å²) >= 11 is 0. The molecule has 1 amide bonds. The number of nitrogens with one attached hydrogen (secondary N) is 1. The van der Waals surface area contributed by atoms with Crippen LogP contribution in [0.25, 0.3) is 0 Å². The summed E-state index contributed by atoms with van der Waals surface area (Å²) in [4.78, 5) is 12.2. The van der Waals surface area contributed by atoms with Gasteiger partial charge in [-0.05, 0) is 38.7 Å². The monoisotopic (exact) mass is 260 g/mol. The van der Waals surface area contributed by atoms with Crippen LogP contribution in [-0.4, -0.2) is 11.9 Å². The summed E-state index contributed by atoms with van der Waals surface area (Å²) < 4.78 is 5.35. The second-order valence-corrected chi connectivity index (χ2v) is 5.31. The highest BCUT2D eigenvalue weighted by Gasteiger charge is 2.26. The molecule has 4 nitrogen and oxygen atoms in total. The highest BCUT2D eigenvalue weighted by Crippen LogP contribution is 2.26. The number of carbonyl (C=O) groups is 1. The van der Waals surface area contributed by atoms with Crippen LogP contribution < -0.4 is 5.32 Å². The molecule has 1 aliphatic carbocycles. The molecule has 1 fully saturated rings. The minimum absolute atomic E-state index is 0.202. The third-order valence-corrected chi connectivity index (χ3v) is 3.83. The van der Waals surface area contributed by atoms with Gasteiger partial charge in [-0.25, -0.2) is 0 Å². The van der Waals surface area contributed by atoms with Gasteiger partial charge in [-0.3, -0.25) is 4.79 Å². The van der Waals surface area contributed by atoms with Crippen LogP contribution in [0.15, 0.2) is 10.5 Å². The maximum Gasteiger partial charge on any atom is 0.255 e. The molecule has 0 aromatic carbocycles. The fraction of sp³-hybridized carbons (Fsp3) is 0.600. The van der Waals surface area contributed by atoms with Gasteiger partial charge in [0.1, 0.15) is 17.6 Å². The predicted octanol–water partition coefficient (Wildman–Crippen LogP) is 3.10. The van der Waals surface area contributed by atoms with Gasteiger partial charge in [0.05, 0.1) is 11.6 Å². The number of nitriles is 1. The molecule has 19 heavy (non-hydrogen) atoms. The number of rotatable bonds is 3. The Bertz CT molecular complexity index is 493. The molecule has 0 saturated heterocycles. The van der Waals surface area contributed by atoms with E-state index >= 15 is 0 Å². The van der Waals surface area contributed by atoms with Crippen molar-refractivity contribution >= 4 is 5.91 Å². The van der Waals surface area contributed by atoms with E-state index in [0.29, 0.717) is 17.1 Å². The van der Waals surface area contributed by atoms with Gasteiger partial charge in [0.15, 0.2) is 0 Å². The van der Waals surface area contributed by atoms with Crippen LogP contribution >= 0.6 is 0 Å². The van der Waals surface area contributed by atoms with E-state index < -0.39 is 0 Å². The number of carbonyl (C=O) groups excluding carboxylic acids is 1. The van der Waals surface area contributed by atoms with Crippen molar-refractivity contribution < 1.29 is 9.21 Å². The minimum Gasteiger partial charge on any atom is -0.466 e. The second kappa shape index (κ2) is 5.92. The van der Waals surface area contributed by atoms with E-state index in [2.05, 4.69) is 11.4 Å². The third kappa shape index (κ3) is 3.17. The Morgan fingerprint density at radius 3 is 2.63 bits per heavy atom. The number of hydrogen-bond acceptors (Lipinski definition) is 3. The molecule has 1 unspecified atom stereocenters. The average Bonchev–Trinajstić information content (AvgIpc) is 2.76. The van der Waals surface area contributed by atoms with Crippen LogP contribution in [0, 0.1) is 31.1 Å². The highest BCUT2D eigenvalue weighted by molar-refractivity contribution is 5.95. The summed E-state index contributed by atoms with van der Waals surface area (Å²) in [6.07, 6.45) is 5.61. The van der Waals surface area contributed by atoms with Crippen LogP contribution in [0.5, 0.6) is 0 Å². The molecule has 0 aliphatic heterocycles. The molecule has 1 heterocycles. The van der Waals surface area contributed by atoms with Crippen molar-refractivity contribution in [2.24, 2.45) is 5.92 Å². The average molecular weight is 260 g/mol. The first-order valence-corrected chi connectivity index (χ1v) is 6.89. The van der Waals surface area contributed by atoms with Gasteiger partial charge in [-0.2, -0.15) is 5.26 Å². The second-order valence-electron chi connectivity index (χ2n) is 5.31. The molecule has 1 N–H and O–H groups in total. The molecule has 2 rings (SSSR count). The number of amides is 1. The van der Waals surface area contributed by atoms with E-state index in [1.165, 1.54) is 6.42 Å². The Morgan fingerprint density at radius 1 is 1.42 bits per heavy atom. The lowest BCUT2D eigenvalue weighted by molar-refractivity contribution is 0.0927. The molecule has 1 aromatic heterocycles. The molecule has 0 radical (unpaired) electrons. The van der Waals surface area contributed by atoms with Gasteiger partial charge in [-0.1, -0.05) is 19.3 Å². The number of aryl methyl sites for hydroxylation is 2. The number of furan rings is 1. The molecule has 1 aliphatic rings. The van der Waals surface area contributed by atoms with Crippen LogP contribution in [0.4, 0.5) is 0 Å². The summed E-state index contributed by atoms with van der Waals surface area (Å²) in [6.45, 7) is 3.58. The van der Waals surface area contributed by atoms with Gasteiger partial charge < -0.3 is 9.73 Å². The zero-order valence-corrected chi connectivity index (χ0v) is 11.5. The summed E-state index contributed by atoms with van der Waals surface area (Å²) in [5, 5.41) is 12.1. The molecular weight excluding hydrogens is 240 g/mol. The van der Waals surface area contributed by atoms with Gasteiger partial charge in [-0.15, -0.1) is 0 Å². The van der Waals surface area contributed by atoms with Gasteiger partial charge >= 0.3 is 0 Å². The van der Waals surface area contributed by atoms with Crippen molar-refractivity contribution in [3.05, 3.63) is 23.2 Å². The molecule has 102 valence electrons. The standard InChI is InChI=1S/C15H20N2O2/c1-10-8-13(11(2)19-10)15(18)17-14(9-16)12-6-4-3-5-7-12/h8,12,14H,3-7H2,1-2H3,(H,17,18). The molecule has 4 heteroatoms. The molecule has 1 atom stereocenters. The fourth-order valence-electron chi connectivity index (χ4n) is 2.80. The minimum atomic E-state index is -0.387. The van der Waals surface area contributed by atoms with Crippen LogP contribution in [0.2, 0.25) is 0 Å². The lowest BCUT2D eigenvalue weighted by Crippen LogP contribution is -2.40. The van der Waals surface area contributed by atoms with Crippen molar-refractivity contribution in [3.8, 4) is 6.07 Å². The maximum atomic E-state index is 12.2. The van der Waals surface area contributed by atoms with Crippen molar-refractivity contribution in [3.63, 3.8) is 0 Å². The van der Waals surface area contributed by atoms with Crippen molar-refractivity contribution in [1.29, 1.82) is 5.26 Å². The van der Waals surface area contributed by atoms with Gasteiger partial charge in [0.2, 0.25) is 0 Å². The van der Waals surface area contributed by atoms with Gasteiger partial charge in [0, 0.05) is 0 Å². The molecule has 1 aromatic rings. The van der Waals surface area contributed by atoms with E-state index in [9.17, 15) is 10.1 Å². The smallest absolute Gasteiger partial charge is 0.255 e. The van der Waals surface area contributed by atoms with E-state index in [-0.39, 0.29) is 17.9 Å². The summed E-state index contributed by atoms with van der Waals surface area (Å²) in [5.74, 6) is 1.41. The number of nitrogens with zero attached hydrogens (tertiary/aromatic N) is 1. The van der Waals surface area contributed by atoms with Crippen molar-refractivity contribution in [2.45, 2.75) is 52.0 Å².